The van der Waals surface area contributed by atoms with Crippen LogP contribution in [0.4, 0.5) is 0 Å². The molecule has 3 rings (SSSR count). The van der Waals surface area contributed by atoms with Crippen molar-refractivity contribution in [2.24, 2.45) is 22.7 Å². The van der Waals surface area contributed by atoms with E-state index in [-0.39, 0.29) is 23.2 Å². The van der Waals surface area contributed by atoms with Gasteiger partial charge in [0.1, 0.15) is 6.07 Å². The van der Waals surface area contributed by atoms with Crippen molar-refractivity contribution in [1.82, 2.24) is 0 Å². The SMILES string of the molecule is C=C1C=C2C3(C)C=C(C#N)C(=O)C(C)C3CC[C@@]2(C#N)C=C1C#N. The number of rotatable bonds is 0. The average molecular weight is 315 g/mol. The van der Waals surface area contributed by atoms with Crippen molar-refractivity contribution >= 4 is 5.78 Å². The molecule has 0 aromatic heterocycles. The van der Waals surface area contributed by atoms with Gasteiger partial charge in [0.25, 0.3) is 0 Å². The summed E-state index contributed by atoms with van der Waals surface area (Å²) in [7, 11) is 0. The van der Waals surface area contributed by atoms with Gasteiger partial charge >= 0.3 is 0 Å². The number of hydrogen-bond acceptors (Lipinski definition) is 4. The van der Waals surface area contributed by atoms with Gasteiger partial charge in [0.2, 0.25) is 0 Å². The second-order valence-electron chi connectivity index (χ2n) is 7.09. The van der Waals surface area contributed by atoms with Crippen molar-refractivity contribution in [2.45, 2.75) is 26.7 Å². The number of nitrogens with zero attached hydrogens (tertiary/aromatic N) is 3. The molecule has 0 amide bonds. The lowest BCUT2D eigenvalue weighted by Crippen LogP contribution is -2.48. The van der Waals surface area contributed by atoms with E-state index in [4.69, 9.17) is 0 Å². The molecule has 0 aromatic rings. The minimum atomic E-state index is -0.866. The first-order valence-corrected chi connectivity index (χ1v) is 7.96. The van der Waals surface area contributed by atoms with E-state index in [9.17, 15) is 20.6 Å². The molecule has 1 saturated carbocycles. The highest BCUT2D eigenvalue weighted by Gasteiger charge is 2.56. The smallest absolute Gasteiger partial charge is 0.176 e. The quantitative estimate of drug-likeness (QED) is 0.684. The highest BCUT2D eigenvalue weighted by molar-refractivity contribution is 6.02. The van der Waals surface area contributed by atoms with Gasteiger partial charge in [-0.05, 0) is 36.0 Å². The Balaban J connectivity index is 2.27. The number of ketones is 1. The van der Waals surface area contributed by atoms with Crippen molar-refractivity contribution < 1.29 is 4.79 Å². The molecule has 0 aromatic carbocycles. The van der Waals surface area contributed by atoms with Crippen molar-refractivity contribution in [3.63, 3.8) is 0 Å². The molecular formula is C20H17N3O. The van der Waals surface area contributed by atoms with Crippen LogP contribution in [0.25, 0.3) is 0 Å². The third-order valence-corrected chi connectivity index (χ3v) is 5.90. The van der Waals surface area contributed by atoms with Gasteiger partial charge in [-0.3, -0.25) is 4.79 Å². The summed E-state index contributed by atoms with van der Waals surface area (Å²) in [6.45, 7) is 7.79. The van der Waals surface area contributed by atoms with Crippen molar-refractivity contribution in [3.8, 4) is 18.2 Å². The van der Waals surface area contributed by atoms with Crippen LogP contribution < -0.4 is 0 Å². The number of allylic oxidation sites excluding steroid dienone is 7. The zero-order valence-electron chi connectivity index (χ0n) is 13.8. The second-order valence-corrected chi connectivity index (χ2v) is 7.09. The van der Waals surface area contributed by atoms with E-state index in [1.165, 1.54) is 0 Å². The third-order valence-electron chi connectivity index (χ3n) is 5.90. The first kappa shape index (κ1) is 16.0. The van der Waals surface area contributed by atoms with Gasteiger partial charge in [0.15, 0.2) is 5.78 Å². The van der Waals surface area contributed by atoms with E-state index in [1.807, 2.05) is 26.0 Å². The van der Waals surface area contributed by atoms with Crippen LogP contribution in [-0.4, -0.2) is 5.78 Å². The van der Waals surface area contributed by atoms with Crippen LogP contribution in [0, 0.1) is 56.7 Å². The van der Waals surface area contributed by atoms with Gasteiger partial charge < -0.3 is 0 Å². The molecule has 0 heterocycles. The lowest BCUT2D eigenvalue weighted by Gasteiger charge is -2.53. The van der Waals surface area contributed by atoms with Crippen LogP contribution in [0.15, 0.2) is 47.1 Å². The molecule has 1 fully saturated rings. The van der Waals surface area contributed by atoms with Gasteiger partial charge in [-0.2, -0.15) is 15.8 Å². The molecule has 0 aliphatic heterocycles. The van der Waals surface area contributed by atoms with E-state index in [1.54, 1.807) is 12.2 Å². The summed E-state index contributed by atoms with van der Waals surface area (Å²) < 4.78 is 0. The Labute approximate surface area is 141 Å². The Bertz CT molecular complexity index is 883. The van der Waals surface area contributed by atoms with Crippen LogP contribution in [-0.2, 0) is 4.79 Å². The van der Waals surface area contributed by atoms with Crippen LogP contribution in [0.2, 0.25) is 0 Å². The van der Waals surface area contributed by atoms with Crippen molar-refractivity contribution in [1.29, 1.82) is 15.8 Å². The molecule has 0 bridgehead atoms. The van der Waals surface area contributed by atoms with Crippen molar-refractivity contribution in [3.05, 3.63) is 47.1 Å². The maximum absolute atomic E-state index is 12.4. The van der Waals surface area contributed by atoms with Gasteiger partial charge in [-0.1, -0.05) is 32.6 Å². The molecule has 3 aliphatic rings. The molecule has 3 unspecified atom stereocenters. The summed E-state index contributed by atoms with van der Waals surface area (Å²) in [4.78, 5) is 12.4. The van der Waals surface area contributed by atoms with E-state index in [0.29, 0.717) is 24.0 Å². The predicted molar refractivity (Wildman–Crippen MR) is 87.7 cm³/mol. The molecule has 0 saturated heterocycles. The van der Waals surface area contributed by atoms with E-state index in [2.05, 4.69) is 18.7 Å². The summed E-state index contributed by atoms with van der Waals surface area (Å²) in [5, 5.41) is 28.5. The Morgan fingerprint density at radius 3 is 2.46 bits per heavy atom. The Morgan fingerprint density at radius 1 is 1.21 bits per heavy atom. The average Bonchev–Trinajstić information content (AvgIpc) is 2.58. The first-order valence-electron chi connectivity index (χ1n) is 7.96. The predicted octanol–water partition coefficient (Wildman–Crippen LogP) is 3.53. The number of carbonyl (C=O) groups excluding carboxylic acids is 1. The molecule has 0 N–H and O–H groups in total. The molecule has 0 radical (unpaired) electrons. The molecule has 3 aliphatic carbocycles. The molecule has 118 valence electrons. The normalized spacial score (nSPS) is 37.5. The highest BCUT2D eigenvalue weighted by atomic mass is 16.1. The first-order chi connectivity index (χ1) is 11.3. The monoisotopic (exact) mass is 315 g/mol. The molecular weight excluding hydrogens is 298 g/mol. The van der Waals surface area contributed by atoms with Crippen LogP contribution in [0.3, 0.4) is 0 Å². The fourth-order valence-corrected chi connectivity index (χ4v) is 4.62. The van der Waals surface area contributed by atoms with Gasteiger partial charge in [0.05, 0.1) is 28.7 Å². The van der Waals surface area contributed by atoms with Gasteiger partial charge in [0, 0.05) is 11.3 Å². The van der Waals surface area contributed by atoms with E-state index in [0.717, 1.165) is 5.57 Å². The Hall–Kier alpha value is -2.90. The van der Waals surface area contributed by atoms with Gasteiger partial charge in [-0.15, -0.1) is 0 Å². The minimum absolute atomic E-state index is 0.0414. The topological polar surface area (TPSA) is 88.4 Å². The van der Waals surface area contributed by atoms with Crippen molar-refractivity contribution in [2.75, 3.05) is 0 Å². The molecule has 0 spiro atoms. The molecule has 24 heavy (non-hydrogen) atoms. The number of hydrogen-bond donors (Lipinski definition) is 0. The largest absolute Gasteiger partial charge is 0.293 e. The number of carbonyl (C=O) groups is 1. The Morgan fingerprint density at radius 2 is 1.88 bits per heavy atom. The zero-order valence-corrected chi connectivity index (χ0v) is 13.8. The van der Waals surface area contributed by atoms with Crippen LogP contribution in [0.5, 0.6) is 0 Å². The summed E-state index contributed by atoms with van der Waals surface area (Å²) in [5.74, 6) is -0.338. The lowest BCUT2D eigenvalue weighted by atomic mass is 9.48. The standard InChI is InChI=1S/C20H17N3O/c1-12-6-17-19(3)7-15(10-22)18(24)13(2)16(19)4-5-20(17,11-23)8-14(12)9-21/h6-8,13,16H,1,4-5H2,2-3H3/t13?,16?,19?,20-/m0/s1. The fraction of sp³-hybridized carbons (Fsp3) is 0.400. The van der Waals surface area contributed by atoms with Crippen LogP contribution in [0.1, 0.15) is 26.7 Å². The summed E-state index contributed by atoms with van der Waals surface area (Å²) >= 11 is 0. The van der Waals surface area contributed by atoms with E-state index >= 15 is 0 Å². The third kappa shape index (κ3) is 1.85. The lowest BCUT2D eigenvalue weighted by molar-refractivity contribution is -0.122. The molecule has 4 nitrogen and oxygen atoms in total. The number of fused-ring (bicyclic) bond motifs is 3. The minimum Gasteiger partial charge on any atom is -0.293 e. The fourth-order valence-electron chi connectivity index (χ4n) is 4.62. The Kier molecular flexibility index (Phi) is 3.36. The van der Waals surface area contributed by atoms with Gasteiger partial charge in [-0.25, -0.2) is 0 Å². The summed E-state index contributed by atoms with van der Waals surface area (Å²) in [6.07, 6.45) is 6.54. The van der Waals surface area contributed by atoms with E-state index < -0.39 is 10.8 Å². The second kappa shape index (κ2) is 5.05. The number of Topliss-reactive ketones (excluding diaryl/α,β-unsaturated/α-hetero) is 1. The number of nitriles is 3. The summed E-state index contributed by atoms with van der Waals surface area (Å²) in [5.41, 5.74) is 0.589. The maximum atomic E-state index is 12.4. The molecule has 4 atom stereocenters. The molecule has 4 heteroatoms. The maximum Gasteiger partial charge on any atom is 0.176 e. The summed E-state index contributed by atoms with van der Waals surface area (Å²) in [6, 6.07) is 6.51. The van der Waals surface area contributed by atoms with Crippen LogP contribution >= 0.6 is 0 Å². The highest BCUT2D eigenvalue weighted by Crippen LogP contribution is 2.61. The zero-order chi connectivity index (χ0) is 17.7.